The maximum absolute atomic E-state index is 11.5. The summed E-state index contributed by atoms with van der Waals surface area (Å²) in [6.45, 7) is 0. The Morgan fingerprint density at radius 2 is 2.11 bits per heavy atom. The van der Waals surface area contributed by atoms with E-state index in [-0.39, 0.29) is 6.42 Å². The molecule has 6 nitrogen and oxygen atoms in total. The van der Waals surface area contributed by atoms with Crippen molar-refractivity contribution in [2.24, 2.45) is 0 Å². The molecule has 1 aromatic rings. The quantitative estimate of drug-likeness (QED) is 0.468. The van der Waals surface area contributed by atoms with Crippen LogP contribution in [0.25, 0.3) is 0 Å². The second-order valence-corrected chi connectivity index (χ2v) is 3.48. The number of nitrogen functional groups attached to an aromatic ring is 1. The lowest BCUT2D eigenvalue weighted by Crippen LogP contribution is -2.42. The molecule has 2 amide bonds. The van der Waals surface area contributed by atoms with Gasteiger partial charge in [-0.2, -0.15) is 0 Å². The number of para-hydroxylation sites is 2. The van der Waals surface area contributed by atoms with Crippen LogP contribution in [0.3, 0.4) is 0 Å². The molecule has 5 N–H and O–H groups in total. The van der Waals surface area contributed by atoms with Crippen molar-refractivity contribution in [1.82, 2.24) is 5.32 Å². The number of benzene rings is 1. The van der Waals surface area contributed by atoms with E-state index in [1.54, 1.807) is 24.3 Å². The van der Waals surface area contributed by atoms with Crippen LogP contribution in [0.15, 0.2) is 24.3 Å². The number of terminal acetylenes is 1. The van der Waals surface area contributed by atoms with Gasteiger partial charge in [-0.15, -0.1) is 12.3 Å². The maximum Gasteiger partial charge on any atom is 0.327 e. The molecule has 1 unspecified atom stereocenters. The number of amides is 2. The summed E-state index contributed by atoms with van der Waals surface area (Å²) in [5.74, 6) is 0.991. The number of hydrogen-bond donors (Lipinski definition) is 4. The zero-order chi connectivity index (χ0) is 13.5. The number of carboxylic acids is 1. The molecule has 1 aromatic carbocycles. The van der Waals surface area contributed by atoms with E-state index in [0.717, 1.165) is 0 Å². The molecule has 94 valence electrons. The van der Waals surface area contributed by atoms with E-state index in [0.29, 0.717) is 11.4 Å². The molecule has 1 rings (SSSR count). The molecule has 0 spiro atoms. The summed E-state index contributed by atoms with van der Waals surface area (Å²) in [7, 11) is 0. The molecule has 18 heavy (non-hydrogen) atoms. The Morgan fingerprint density at radius 1 is 1.44 bits per heavy atom. The van der Waals surface area contributed by atoms with Crippen molar-refractivity contribution in [3.63, 3.8) is 0 Å². The highest BCUT2D eigenvalue weighted by atomic mass is 16.4. The van der Waals surface area contributed by atoms with E-state index in [1.807, 2.05) is 0 Å². The summed E-state index contributed by atoms with van der Waals surface area (Å²) in [6, 6.07) is 4.84. The lowest BCUT2D eigenvalue weighted by atomic mass is 10.2. The van der Waals surface area contributed by atoms with Crippen LogP contribution in [0, 0.1) is 12.3 Å². The van der Waals surface area contributed by atoms with Crippen molar-refractivity contribution in [2.75, 3.05) is 11.1 Å². The van der Waals surface area contributed by atoms with Crippen LogP contribution in [0.1, 0.15) is 6.42 Å². The SMILES string of the molecule is C#CCC(NC(=O)Nc1ccccc1N)C(=O)O. The van der Waals surface area contributed by atoms with Gasteiger partial charge in [0, 0.05) is 6.42 Å². The molecule has 6 heteroatoms. The normalized spacial score (nSPS) is 11.1. The van der Waals surface area contributed by atoms with Gasteiger partial charge in [0.15, 0.2) is 0 Å². The monoisotopic (exact) mass is 247 g/mol. The van der Waals surface area contributed by atoms with Crippen LogP contribution in [0.4, 0.5) is 16.2 Å². The van der Waals surface area contributed by atoms with Gasteiger partial charge in [-0.05, 0) is 12.1 Å². The van der Waals surface area contributed by atoms with Gasteiger partial charge < -0.3 is 21.5 Å². The molecule has 0 aliphatic rings. The van der Waals surface area contributed by atoms with Crippen molar-refractivity contribution >= 4 is 23.4 Å². The summed E-state index contributed by atoms with van der Waals surface area (Å²) in [5.41, 5.74) is 6.42. The van der Waals surface area contributed by atoms with Crippen molar-refractivity contribution < 1.29 is 14.7 Å². The third-order valence-electron chi connectivity index (χ3n) is 2.13. The summed E-state index contributed by atoms with van der Waals surface area (Å²) >= 11 is 0. The Balaban J connectivity index is 2.64. The number of rotatable bonds is 4. The smallest absolute Gasteiger partial charge is 0.327 e. The standard InChI is InChI=1S/C12H13N3O3/c1-2-5-10(11(16)17)15-12(18)14-9-7-4-3-6-8(9)13/h1,3-4,6-7,10H,5,13H2,(H,16,17)(H2,14,15,18). The van der Waals surface area contributed by atoms with E-state index < -0.39 is 18.0 Å². The minimum Gasteiger partial charge on any atom is -0.480 e. The van der Waals surface area contributed by atoms with Crippen molar-refractivity contribution in [2.45, 2.75) is 12.5 Å². The van der Waals surface area contributed by atoms with Crippen molar-refractivity contribution in [3.8, 4) is 12.3 Å². The number of nitrogens with two attached hydrogens (primary N) is 1. The van der Waals surface area contributed by atoms with Gasteiger partial charge >= 0.3 is 12.0 Å². The third kappa shape index (κ3) is 3.72. The van der Waals surface area contributed by atoms with Gasteiger partial charge in [-0.25, -0.2) is 9.59 Å². The van der Waals surface area contributed by atoms with Crippen molar-refractivity contribution in [1.29, 1.82) is 0 Å². The first-order chi connectivity index (χ1) is 8.54. The summed E-state index contributed by atoms with van der Waals surface area (Å²) < 4.78 is 0. The Bertz CT molecular complexity index is 494. The molecule has 0 radical (unpaired) electrons. The van der Waals surface area contributed by atoms with Gasteiger partial charge in [-0.3, -0.25) is 0 Å². The molecule has 0 aliphatic carbocycles. The van der Waals surface area contributed by atoms with Crippen molar-refractivity contribution in [3.05, 3.63) is 24.3 Å². The second-order valence-electron chi connectivity index (χ2n) is 3.48. The van der Waals surface area contributed by atoms with E-state index in [2.05, 4.69) is 16.6 Å². The maximum atomic E-state index is 11.5. The molecule has 0 bridgehead atoms. The van der Waals surface area contributed by atoms with Gasteiger partial charge in [0.05, 0.1) is 11.4 Å². The Hall–Kier alpha value is -2.68. The third-order valence-corrected chi connectivity index (χ3v) is 2.13. The number of carbonyl (C=O) groups excluding carboxylic acids is 1. The Morgan fingerprint density at radius 3 is 2.67 bits per heavy atom. The fraction of sp³-hybridized carbons (Fsp3) is 0.167. The largest absolute Gasteiger partial charge is 0.480 e. The topological polar surface area (TPSA) is 104 Å². The van der Waals surface area contributed by atoms with E-state index in [9.17, 15) is 9.59 Å². The Kier molecular flexibility index (Phi) is 4.58. The average molecular weight is 247 g/mol. The van der Waals surface area contributed by atoms with E-state index in [4.69, 9.17) is 17.3 Å². The van der Waals surface area contributed by atoms with Crippen LogP contribution in [-0.4, -0.2) is 23.1 Å². The summed E-state index contributed by atoms with van der Waals surface area (Å²) in [5, 5.41) is 13.5. The van der Waals surface area contributed by atoms with Crippen LogP contribution in [0.5, 0.6) is 0 Å². The first-order valence-corrected chi connectivity index (χ1v) is 5.13. The number of carboxylic acid groups (broad SMARTS) is 1. The molecular formula is C12H13N3O3. The first-order valence-electron chi connectivity index (χ1n) is 5.13. The first kappa shape index (κ1) is 13.4. The zero-order valence-electron chi connectivity index (χ0n) is 9.51. The predicted octanol–water partition coefficient (Wildman–Crippen LogP) is 0.867. The van der Waals surface area contributed by atoms with Crippen LogP contribution >= 0.6 is 0 Å². The summed E-state index contributed by atoms with van der Waals surface area (Å²) in [6.07, 6.45) is 4.92. The lowest BCUT2D eigenvalue weighted by Gasteiger charge is -2.13. The molecule has 0 fully saturated rings. The number of carbonyl (C=O) groups is 2. The minimum atomic E-state index is -1.19. The lowest BCUT2D eigenvalue weighted by molar-refractivity contribution is -0.139. The highest BCUT2D eigenvalue weighted by Crippen LogP contribution is 2.16. The van der Waals surface area contributed by atoms with Crippen LogP contribution < -0.4 is 16.4 Å². The zero-order valence-corrected chi connectivity index (χ0v) is 9.51. The fourth-order valence-electron chi connectivity index (χ4n) is 1.25. The highest BCUT2D eigenvalue weighted by molar-refractivity contribution is 5.94. The fourth-order valence-corrected chi connectivity index (χ4v) is 1.25. The molecule has 0 saturated heterocycles. The highest BCUT2D eigenvalue weighted by Gasteiger charge is 2.18. The number of anilines is 2. The number of hydrogen-bond acceptors (Lipinski definition) is 3. The van der Waals surface area contributed by atoms with Gasteiger partial charge in [0.2, 0.25) is 0 Å². The molecule has 0 aromatic heterocycles. The molecule has 0 heterocycles. The molecule has 0 saturated carbocycles. The number of nitrogens with one attached hydrogen (secondary N) is 2. The van der Waals surface area contributed by atoms with Crippen LogP contribution in [-0.2, 0) is 4.79 Å². The van der Waals surface area contributed by atoms with Gasteiger partial charge in [-0.1, -0.05) is 12.1 Å². The van der Waals surface area contributed by atoms with Gasteiger partial charge in [0.25, 0.3) is 0 Å². The number of aliphatic carboxylic acids is 1. The van der Waals surface area contributed by atoms with E-state index in [1.165, 1.54) is 0 Å². The van der Waals surface area contributed by atoms with Crippen LogP contribution in [0.2, 0.25) is 0 Å². The molecule has 0 aliphatic heterocycles. The average Bonchev–Trinajstić information content (AvgIpc) is 2.31. The molecule has 1 atom stereocenters. The molecular weight excluding hydrogens is 234 g/mol. The summed E-state index contributed by atoms with van der Waals surface area (Å²) in [4.78, 5) is 22.3. The predicted molar refractivity (Wildman–Crippen MR) is 67.9 cm³/mol. The second kappa shape index (κ2) is 6.15. The number of urea groups is 1. The van der Waals surface area contributed by atoms with Gasteiger partial charge in [0.1, 0.15) is 6.04 Å². The van der Waals surface area contributed by atoms with E-state index >= 15 is 0 Å². The minimum absolute atomic E-state index is 0.0903. The Labute approximate surface area is 104 Å².